The quantitative estimate of drug-likeness (QED) is 0.857. The van der Waals surface area contributed by atoms with Gasteiger partial charge in [-0.2, -0.15) is 0 Å². The Morgan fingerprint density at radius 2 is 1.81 bits per heavy atom. The Labute approximate surface area is 126 Å². The molecule has 0 atom stereocenters. The molecule has 0 bridgehead atoms. The molecule has 2 aliphatic heterocycles. The van der Waals surface area contributed by atoms with E-state index in [9.17, 15) is 9.59 Å². The molecule has 21 heavy (non-hydrogen) atoms. The highest BCUT2D eigenvalue weighted by Gasteiger charge is 2.44. The van der Waals surface area contributed by atoms with E-state index in [0.717, 1.165) is 31.8 Å². The van der Waals surface area contributed by atoms with Gasteiger partial charge < -0.3 is 19.6 Å². The molecule has 6 heteroatoms. The largest absolute Gasteiger partial charge is 0.480 e. The Kier molecular flexibility index (Phi) is 4.76. The van der Waals surface area contributed by atoms with Crippen LogP contribution < -0.4 is 0 Å². The first-order valence-electron chi connectivity index (χ1n) is 7.70. The van der Waals surface area contributed by atoms with E-state index in [-0.39, 0.29) is 12.6 Å². The van der Waals surface area contributed by atoms with Crippen LogP contribution in [-0.4, -0.2) is 65.3 Å². The third-order valence-electron chi connectivity index (χ3n) is 4.62. The SMILES string of the molecule is CC(C)C1CCN(C(=O)N2CC(C)(OCC(=O)O)C2)CC1. The zero-order valence-electron chi connectivity index (χ0n) is 13.2. The molecule has 0 spiro atoms. The number of carbonyl (C=O) groups excluding carboxylic acids is 1. The molecule has 2 rings (SSSR count). The van der Waals surface area contributed by atoms with Crippen LogP contribution in [0.2, 0.25) is 0 Å². The summed E-state index contributed by atoms with van der Waals surface area (Å²) < 4.78 is 5.33. The second-order valence-electron chi connectivity index (χ2n) is 6.84. The third kappa shape index (κ3) is 3.87. The number of amides is 2. The maximum absolute atomic E-state index is 12.4. The van der Waals surface area contributed by atoms with E-state index in [1.807, 2.05) is 11.8 Å². The average Bonchev–Trinajstić information content (AvgIpc) is 2.41. The molecule has 2 fully saturated rings. The minimum Gasteiger partial charge on any atom is -0.480 e. The van der Waals surface area contributed by atoms with Gasteiger partial charge in [-0.3, -0.25) is 0 Å². The van der Waals surface area contributed by atoms with Crippen LogP contribution in [0.4, 0.5) is 4.79 Å². The van der Waals surface area contributed by atoms with E-state index in [4.69, 9.17) is 9.84 Å². The van der Waals surface area contributed by atoms with Gasteiger partial charge >= 0.3 is 12.0 Å². The van der Waals surface area contributed by atoms with Crippen molar-refractivity contribution in [3.8, 4) is 0 Å². The Balaban J connectivity index is 1.75. The Hall–Kier alpha value is -1.30. The molecule has 2 heterocycles. The molecular weight excluding hydrogens is 272 g/mol. The molecule has 0 unspecified atom stereocenters. The third-order valence-corrected chi connectivity index (χ3v) is 4.62. The first kappa shape index (κ1) is 16.1. The maximum Gasteiger partial charge on any atom is 0.329 e. The Bertz CT molecular complexity index is 396. The van der Waals surface area contributed by atoms with Gasteiger partial charge in [-0.1, -0.05) is 13.8 Å². The van der Waals surface area contributed by atoms with Gasteiger partial charge in [0, 0.05) is 13.1 Å². The van der Waals surface area contributed by atoms with Crippen molar-refractivity contribution in [3.05, 3.63) is 0 Å². The predicted molar refractivity (Wildman–Crippen MR) is 78.1 cm³/mol. The molecule has 0 saturated carbocycles. The standard InChI is InChI=1S/C15H26N2O4/c1-11(2)12-4-6-16(7-5-12)14(20)17-9-15(3,10-17)21-8-13(18)19/h11-12H,4-10H2,1-3H3,(H,18,19). The van der Waals surface area contributed by atoms with Crippen LogP contribution >= 0.6 is 0 Å². The summed E-state index contributed by atoms with van der Waals surface area (Å²) in [6.07, 6.45) is 2.15. The second kappa shape index (κ2) is 6.22. The number of carbonyl (C=O) groups is 2. The molecule has 120 valence electrons. The number of ether oxygens (including phenoxy) is 1. The summed E-state index contributed by atoms with van der Waals surface area (Å²) in [6.45, 7) is 8.62. The minimum atomic E-state index is -0.975. The molecular formula is C15H26N2O4. The molecule has 2 amide bonds. The van der Waals surface area contributed by atoms with Crippen molar-refractivity contribution in [1.29, 1.82) is 0 Å². The summed E-state index contributed by atoms with van der Waals surface area (Å²) >= 11 is 0. The summed E-state index contributed by atoms with van der Waals surface area (Å²) in [7, 11) is 0. The van der Waals surface area contributed by atoms with Crippen LogP contribution in [0.25, 0.3) is 0 Å². The van der Waals surface area contributed by atoms with Crippen molar-refractivity contribution in [3.63, 3.8) is 0 Å². The van der Waals surface area contributed by atoms with E-state index in [1.54, 1.807) is 4.90 Å². The highest BCUT2D eigenvalue weighted by molar-refractivity contribution is 5.76. The molecule has 0 aromatic carbocycles. The summed E-state index contributed by atoms with van der Waals surface area (Å²) in [5.74, 6) is 0.422. The number of likely N-dealkylation sites (tertiary alicyclic amines) is 2. The zero-order chi connectivity index (χ0) is 15.6. The van der Waals surface area contributed by atoms with Crippen LogP contribution in [-0.2, 0) is 9.53 Å². The van der Waals surface area contributed by atoms with Gasteiger partial charge in [0.1, 0.15) is 12.2 Å². The molecule has 1 N–H and O–H groups in total. The number of aliphatic carboxylic acids is 1. The minimum absolute atomic E-state index is 0.0635. The summed E-state index contributed by atoms with van der Waals surface area (Å²) in [5, 5.41) is 8.63. The van der Waals surface area contributed by atoms with Crippen LogP contribution in [0, 0.1) is 11.8 Å². The van der Waals surface area contributed by atoms with Gasteiger partial charge in [-0.25, -0.2) is 9.59 Å². The number of carboxylic acid groups (broad SMARTS) is 1. The number of piperidine rings is 1. The van der Waals surface area contributed by atoms with Crippen molar-refractivity contribution >= 4 is 12.0 Å². The summed E-state index contributed by atoms with van der Waals surface area (Å²) in [4.78, 5) is 26.5. The normalized spacial score (nSPS) is 22.3. The van der Waals surface area contributed by atoms with Gasteiger partial charge in [0.05, 0.1) is 13.1 Å². The van der Waals surface area contributed by atoms with Gasteiger partial charge in [0.25, 0.3) is 0 Å². The van der Waals surface area contributed by atoms with E-state index < -0.39 is 11.6 Å². The summed E-state index contributed by atoms with van der Waals surface area (Å²) in [5.41, 5.74) is -0.510. The monoisotopic (exact) mass is 298 g/mol. The number of rotatable bonds is 4. The van der Waals surface area contributed by atoms with Crippen molar-refractivity contribution in [2.24, 2.45) is 11.8 Å². The molecule has 0 radical (unpaired) electrons. The zero-order valence-corrected chi connectivity index (χ0v) is 13.2. The lowest BCUT2D eigenvalue weighted by Crippen LogP contribution is -2.66. The smallest absolute Gasteiger partial charge is 0.329 e. The molecule has 0 aromatic rings. The van der Waals surface area contributed by atoms with Crippen LogP contribution in [0.1, 0.15) is 33.6 Å². The summed E-state index contributed by atoms with van der Waals surface area (Å²) in [6, 6.07) is 0.0635. The van der Waals surface area contributed by atoms with E-state index in [0.29, 0.717) is 19.0 Å². The van der Waals surface area contributed by atoms with Gasteiger partial charge in [0.15, 0.2) is 0 Å². The number of hydrogen-bond acceptors (Lipinski definition) is 3. The number of hydrogen-bond donors (Lipinski definition) is 1. The topological polar surface area (TPSA) is 70.1 Å². The fraction of sp³-hybridized carbons (Fsp3) is 0.867. The van der Waals surface area contributed by atoms with Gasteiger partial charge in [-0.05, 0) is 31.6 Å². The van der Waals surface area contributed by atoms with E-state index in [1.165, 1.54) is 0 Å². The lowest BCUT2D eigenvalue weighted by atomic mass is 9.87. The average molecular weight is 298 g/mol. The van der Waals surface area contributed by atoms with Gasteiger partial charge in [0.2, 0.25) is 0 Å². The fourth-order valence-electron chi connectivity index (χ4n) is 3.18. The second-order valence-corrected chi connectivity index (χ2v) is 6.84. The van der Waals surface area contributed by atoms with Crippen LogP contribution in [0.5, 0.6) is 0 Å². The van der Waals surface area contributed by atoms with Crippen molar-refractivity contribution in [2.75, 3.05) is 32.8 Å². The number of carboxylic acids is 1. The lowest BCUT2D eigenvalue weighted by molar-refractivity contribution is -0.160. The molecule has 6 nitrogen and oxygen atoms in total. The van der Waals surface area contributed by atoms with Crippen molar-refractivity contribution in [1.82, 2.24) is 9.80 Å². The Morgan fingerprint density at radius 3 is 2.29 bits per heavy atom. The van der Waals surface area contributed by atoms with E-state index >= 15 is 0 Å². The maximum atomic E-state index is 12.4. The van der Waals surface area contributed by atoms with E-state index in [2.05, 4.69) is 13.8 Å². The molecule has 2 saturated heterocycles. The Morgan fingerprint density at radius 1 is 1.24 bits per heavy atom. The first-order chi connectivity index (χ1) is 9.81. The number of urea groups is 1. The van der Waals surface area contributed by atoms with Crippen LogP contribution in [0.3, 0.4) is 0 Å². The number of nitrogens with zero attached hydrogens (tertiary/aromatic N) is 2. The van der Waals surface area contributed by atoms with Crippen molar-refractivity contribution < 1.29 is 19.4 Å². The van der Waals surface area contributed by atoms with Crippen molar-refractivity contribution in [2.45, 2.75) is 39.2 Å². The first-order valence-corrected chi connectivity index (χ1v) is 7.70. The highest BCUT2D eigenvalue weighted by Crippen LogP contribution is 2.29. The predicted octanol–water partition coefficient (Wildman–Crippen LogP) is 1.65. The lowest BCUT2D eigenvalue weighted by Gasteiger charge is -2.49. The fourth-order valence-corrected chi connectivity index (χ4v) is 3.18. The highest BCUT2D eigenvalue weighted by atomic mass is 16.5. The molecule has 0 aromatic heterocycles. The molecule has 2 aliphatic rings. The van der Waals surface area contributed by atoms with Crippen LogP contribution in [0.15, 0.2) is 0 Å². The molecule has 0 aliphatic carbocycles. The van der Waals surface area contributed by atoms with Gasteiger partial charge in [-0.15, -0.1) is 0 Å².